The van der Waals surface area contributed by atoms with Crippen LogP contribution in [0.15, 0.2) is 29.3 Å². The van der Waals surface area contributed by atoms with Gasteiger partial charge >= 0.3 is 0 Å². The summed E-state index contributed by atoms with van der Waals surface area (Å²) in [5.74, 6) is 0.909. The third-order valence-corrected chi connectivity index (χ3v) is 3.16. The molecule has 1 aliphatic rings. The summed E-state index contributed by atoms with van der Waals surface area (Å²) in [4.78, 5) is 6.84. The van der Waals surface area contributed by atoms with Crippen molar-refractivity contribution in [2.45, 2.75) is 32.6 Å². The smallest absolute Gasteiger partial charge is 0.119 e. The second kappa shape index (κ2) is 7.04. The third-order valence-electron chi connectivity index (χ3n) is 3.16. The first-order valence-electron chi connectivity index (χ1n) is 6.89. The summed E-state index contributed by atoms with van der Waals surface area (Å²) in [6.07, 6.45) is 7.27. The van der Waals surface area contributed by atoms with E-state index < -0.39 is 0 Å². The molecule has 0 aliphatic carbocycles. The highest BCUT2D eigenvalue weighted by Gasteiger charge is 2.04. The maximum Gasteiger partial charge on any atom is 0.119 e. The lowest BCUT2D eigenvalue weighted by Crippen LogP contribution is -2.22. The van der Waals surface area contributed by atoms with Crippen molar-refractivity contribution in [1.82, 2.24) is 4.90 Å². The van der Waals surface area contributed by atoms with Crippen LogP contribution in [0.25, 0.3) is 0 Å². The van der Waals surface area contributed by atoms with Crippen LogP contribution in [-0.4, -0.2) is 30.9 Å². The lowest BCUT2D eigenvalue weighted by Gasteiger charge is -2.15. The molecule has 0 bridgehead atoms. The number of ether oxygens (including phenoxy) is 1. The van der Waals surface area contributed by atoms with Crippen molar-refractivity contribution in [3.8, 4) is 5.75 Å². The van der Waals surface area contributed by atoms with E-state index >= 15 is 0 Å². The maximum absolute atomic E-state index is 5.41. The van der Waals surface area contributed by atoms with Gasteiger partial charge in [0.15, 0.2) is 0 Å². The molecule has 1 aromatic carbocycles. The van der Waals surface area contributed by atoms with Crippen molar-refractivity contribution in [3.63, 3.8) is 0 Å². The lowest BCUT2D eigenvalue weighted by atomic mass is 10.2. The van der Waals surface area contributed by atoms with Gasteiger partial charge in [-0.2, -0.15) is 0 Å². The number of nitrogens with zero attached hydrogens (tertiary/aromatic N) is 2. The number of hydrogen-bond acceptors (Lipinski definition) is 2. The van der Waals surface area contributed by atoms with Crippen molar-refractivity contribution in [2.24, 2.45) is 4.99 Å². The minimum atomic E-state index is 0.705. The molecule has 3 heteroatoms. The van der Waals surface area contributed by atoms with E-state index in [9.17, 15) is 0 Å². The standard InChI is InChI=1S/C15H22N2O/c1-2-18-15-9-7-14(8-10-15)16-13-17-11-5-3-4-6-12-17/h7-10,13H,2-6,11-12H2,1H3. The molecule has 0 unspecified atom stereocenters. The van der Waals surface area contributed by atoms with Gasteiger partial charge in [0.25, 0.3) is 0 Å². The average molecular weight is 246 g/mol. The highest BCUT2D eigenvalue weighted by atomic mass is 16.5. The molecule has 0 N–H and O–H groups in total. The maximum atomic E-state index is 5.41. The van der Waals surface area contributed by atoms with Gasteiger partial charge in [0, 0.05) is 13.1 Å². The van der Waals surface area contributed by atoms with Gasteiger partial charge in [0.1, 0.15) is 5.75 Å². The van der Waals surface area contributed by atoms with E-state index in [4.69, 9.17) is 4.74 Å². The molecule has 18 heavy (non-hydrogen) atoms. The molecule has 1 aromatic rings. The van der Waals surface area contributed by atoms with Gasteiger partial charge in [-0.15, -0.1) is 0 Å². The van der Waals surface area contributed by atoms with Crippen LogP contribution in [0, 0.1) is 0 Å². The zero-order valence-electron chi connectivity index (χ0n) is 11.1. The Labute approximate surface area is 109 Å². The fraction of sp³-hybridized carbons (Fsp3) is 0.533. The summed E-state index contributed by atoms with van der Waals surface area (Å²) in [5.41, 5.74) is 0.989. The molecule has 0 atom stereocenters. The molecule has 98 valence electrons. The second-order valence-corrected chi connectivity index (χ2v) is 4.62. The highest BCUT2D eigenvalue weighted by Crippen LogP contribution is 2.18. The Hall–Kier alpha value is -1.51. The number of likely N-dealkylation sites (tertiary alicyclic amines) is 1. The molecular weight excluding hydrogens is 224 g/mol. The summed E-state index contributed by atoms with van der Waals surface area (Å²) < 4.78 is 5.41. The van der Waals surface area contributed by atoms with E-state index in [-0.39, 0.29) is 0 Å². The zero-order chi connectivity index (χ0) is 12.6. The van der Waals surface area contributed by atoms with E-state index in [1.54, 1.807) is 0 Å². The zero-order valence-corrected chi connectivity index (χ0v) is 11.1. The van der Waals surface area contributed by atoms with Gasteiger partial charge in [-0.05, 0) is 44.0 Å². The molecular formula is C15H22N2O. The number of rotatable bonds is 4. The monoisotopic (exact) mass is 246 g/mol. The van der Waals surface area contributed by atoms with Gasteiger partial charge in [-0.1, -0.05) is 12.8 Å². The van der Waals surface area contributed by atoms with Crippen LogP contribution in [-0.2, 0) is 0 Å². The molecule has 2 rings (SSSR count). The van der Waals surface area contributed by atoms with E-state index in [1.165, 1.54) is 25.7 Å². The predicted octanol–water partition coefficient (Wildman–Crippen LogP) is 3.62. The van der Waals surface area contributed by atoms with Gasteiger partial charge in [-0.3, -0.25) is 0 Å². The van der Waals surface area contributed by atoms with Crippen LogP contribution in [0.5, 0.6) is 5.75 Å². The fourth-order valence-corrected chi connectivity index (χ4v) is 2.15. The van der Waals surface area contributed by atoms with Gasteiger partial charge in [0.05, 0.1) is 18.6 Å². The Morgan fingerprint density at radius 1 is 1.11 bits per heavy atom. The summed E-state index contributed by atoms with van der Waals surface area (Å²) in [6.45, 7) is 4.98. The molecule has 1 fully saturated rings. The van der Waals surface area contributed by atoms with Crippen molar-refractivity contribution >= 4 is 12.0 Å². The molecule has 3 nitrogen and oxygen atoms in total. The predicted molar refractivity (Wildman–Crippen MR) is 75.8 cm³/mol. The minimum absolute atomic E-state index is 0.705. The van der Waals surface area contributed by atoms with E-state index in [2.05, 4.69) is 9.89 Å². The van der Waals surface area contributed by atoms with E-state index in [0.717, 1.165) is 24.5 Å². The minimum Gasteiger partial charge on any atom is -0.494 e. The average Bonchev–Trinajstić information content (AvgIpc) is 2.67. The van der Waals surface area contributed by atoms with Crippen LogP contribution in [0.2, 0.25) is 0 Å². The second-order valence-electron chi connectivity index (χ2n) is 4.62. The Kier molecular flexibility index (Phi) is 5.06. The molecule has 1 saturated heterocycles. The Bertz CT molecular complexity index is 365. The molecule has 1 heterocycles. The molecule has 1 aliphatic heterocycles. The largest absolute Gasteiger partial charge is 0.494 e. The fourth-order valence-electron chi connectivity index (χ4n) is 2.15. The Morgan fingerprint density at radius 3 is 2.39 bits per heavy atom. The van der Waals surface area contributed by atoms with E-state index in [1.807, 2.05) is 37.5 Å². The quantitative estimate of drug-likeness (QED) is 0.598. The molecule has 0 saturated carbocycles. The van der Waals surface area contributed by atoms with Crippen molar-refractivity contribution in [1.29, 1.82) is 0 Å². The number of benzene rings is 1. The normalized spacial score (nSPS) is 16.8. The molecule has 0 amide bonds. The first-order chi connectivity index (χ1) is 8.88. The highest BCUT2D eigenvalue weighted by molar-refractivity contribution is 5.61. The van der Waals surface area contributed by atoms with Crippen LogP contribution in [0.3, 0.4) is 0 Å². The van der Waals surface area contributed by atoms with Crippen molar-refractivity contribution in [3.05, 3.63) is 24.3 Å². The number of aliphatic imine (C=N–C) groups is 1. The third kappa shape index (κ3) is 4.06. The summed E-state index contributed by atoms with van der Waals surface area (Å²) >= 11 is 0. The van der Waals surface area contributed by atoms with Gasteiger partial charge in [-0.25, -0.2) is 4.99 Å². The Morgan fingerprint density at radius 2 is 1.78 bits per heavy atom. The summed E-state index contributed by atoms with van der Waals surface area (Å²) in [7, 11) is 0. The van der Waals surface area contributed by atoms with Crippen LogP contribution < -0.4 is 4.74 Å². The molecule has 0 aromatic heterocycles. The summed E-state index contributed by atoms with van der Waals surface area (Å²) in [5, 5.41) is 0. The topological polar surface area (TPSA) is 24.8 Å². The summed E-state index contributed by atoms with van der Waals surface area (Å²) in [6, 6.07) is 7.94. The number of hydrogen-bond donors (Lipinski definition) is 0. The first kappa shape index (κ1) is 12.9. The van der Waals surface area contributed by atoms with Crippen LogP contribution in [0.1, 0.15) is 32.6 Å². The van der Waals surface area contributed by atoms with Gasteiger partial charge in [0.2, 0.25) is 0 Å². The van der Waals surface area contributed by atoms with Gasteiger partial charge < -0.3 is 9.64 Å². The van der Waals surface area contributed by atoms with E-state index in [0.29, 0.717) is 6.61 Å². The molecule has 0 radical (unpaired) electrons. The molecule has 0 spiro atoms. The van der Waals surface area contributed by atoms with Crippen LogP contribution in [0.4, 0.5) is 5.69 Å². The Balaban J connectivity index is 1.90. The SMILES string of the molecule is CCOc1ccc(N=CN2CCCCCC2)cc1. The first-order valence-corrected chi connectivity index (χ1v) is 6.89. The van der Waals surface area contributed by atoms with Crippen LogP contribution >= 0.6 is 0 Å². The van der Waals surface area contributed by atoms with Crippen molar-refractivity contribution in [2.75, 3.05) is 19.7 Å². The van der Waals surface area contributed by atoms with Crippen molar-refractivity contribution < 1.29 is 4.74 Å². The lowest BCUT2D eigenvalue weighted by molar-refractivity contribution is 0.340.